The summed E-state index contributed by atoms with van der Waals surface area (Å²) in [6, 6.07) is 5.86. The van der Waals surface area contributed by atoms with Crippen molar-refractivity contribution in [1.29, 1.82) is 0 Å². The Morgan fingerprint density at radius 3 is 2.85 bits per heavy atom. The van der Waals surface area contributed by atoms with Gasteiger partial charge in [0.25, 0.3) is 5.91 Å². The van der Waals surface area contributed by atoms with E-state index in [0.29, 0.717) is 5.69 Å². The number of aryl methyl sites for hydroxylation is 1. The molecule has 2 aromatic heterocycles. The van der Waals surface area contributed by atoms with Crippen molar-refractivity contribution in [2.75, 3.05) is 6.54 Å². The third kappa shape index (κ3) is 2.39. The van der Waals surface area contributed by atoms with Gasteiger partial charge < -0.3 is 4.90 Å². The number of hydrogen-bond acceptors (Lipinski definition) is 4. The lowest BCUT2D eigenvalue weighted by atomic mass is 10.1. The van der Waals surface area contributed by atoms with E-state index in [1.165, 1.54) is 0 Å². The van der Waals surface area contributed by atoms with E-state index in [4.69, 9.17) is 0 Å². The highest BCUT2D eigenvalue weighted by Crippen LogP contribution is 2.31. The third-order valence-corrected chi connectivity index (χ3v) is 3.54. The minimum Gasteiger partial charge on any atom is -0.329 e. The van der Waals surface area contributed by atoms with Crippen LogP contribution in [0.5, 0.6) is 0 Å². The Hall–Kier alpha value is -2.30. The van der Waals surface area contributed by atoms with Crippen LogP contribution in [0.2, 0.25) is 0 Å². The minimum atomic E-state index is -0.0642. The van der Waals surface area contributed by atoms with E-state index >= 15 is 0 Å². The van der Waals surface area contributed by atoms with Gasteiger partial charge >= 0.3 is 0 Å². The smallest absolute Gasteiger partial charge is 0.274 e. The Morgan fingerprint density at radius 1 is 1.25 bits per heavy atom. The molecule has 3 heterocycles. The molecule has 5 nitrogen and oxygen atoms in total. The van der Waals surface area contributed by atoms with Crippen LogP contribution in [-0.4, -0.2) is 32.3 Å². The van der Waals surface area contributed by atoms with Crippen LogP contribution >= 0.6 is 0 Å². The van der Waals surface area contributed by atoms with Crippen LogP contribution in [0.4, 0.5) is 0 Å². The van der Waals surface area contributed by atoms with Crippen molar-refractivity contribution in [1.82, 2.24) is 19.9 Å². The highest BCUT2D eigenvalue weighted by Gasteiger charge is 2.31. The lowest BCUT2D eigenvalue weighted by Gasteiger charge is -2.23. The summed E-state index contributed by atoms with van der Waals surface area (Å²) in [6.07, 6.45) is 6.88. The van der Waals surface area contributed by atoms with E-state index in [9.17, 15) is 4.79 Å². The molecule has 0 aliphatic carbocycles. The molecular weight excluding hydrogens is 252 g/mol. The predicted octanol–water partition coefficient (Wildman–Crippen LogP) is 2.16. The molecule has 0 N–H and O–H groups in total. The minimum absolute atomic E-state index is 0.0480. The number of likely N-dealkylation sites (tertiary alicyclic amines) is 1. The summed E-state index contributed by atoms with van der Waals surface area (Å²) in [7, 11) is 0. The van der Waals surface area contributed by atoms with E-state index in [2.05, 4.69) is 15.0 Å². The maximum Gasteiger partial charge on any atom is 0.274 e. The van der Waals surface area contributed by atoms with Gasteiger partial charge in [-0.25, -0.2) is 4.98 Å². The Morgan fingerprint density at radius 2 is 2.15 bits per heavy atom. The molecule has 2 aromatic rings. The molecular formula is C15H16N4O. The standard InChI is InChI=1S/C15H16N4O/c1-11-9-18-13(10-17-11)15(20)19-8-4-6-14(19)12-5-2-3-7-16-12/h2-3,5,7,9-10,14H,4,6,8H2,1H3/t14-/m1/s1. The number of hydrogen-bond donors (Lipinski definition) is 0. The molecule has 3 rings (SSSR count). The van der Waals surface area contributed by atoms with E-state index in [-0.39, 0.29) is 11.9 Å². The van der Waals surface area contributed by atoms with Crippen LogP contribution in [-0.2, 0) is 0 Å². The predicted molar refractivity (Wildman–Crippen MR) is 74.0 cm³/mol. The fourth-order valence-corrected chi connectivity index (χ4v) is 2.54. The molecule has 0 bridgehead atoms. The van der Waals surface area contributed by atoms with Crippen molar-refractivity contribution in [2.24, 2.45) is 0 Å². The molecule has 1 amide bonds. The molecule has 0 spiro atoms. The highest BCUT2D eigenvalue weighted by atomic mass is 16.2. The van der Waals surface area contributed by atoms with Crippen molar-refractivity contribution in [3.05, 3.63) is 53.9 Å². The Bertz CT molecular complexity index is 597. The van der Waals surface area contributed by atoms with Gasteiger partial charge in [-0.1, -0.05) is 6.07 Å². The number of carbonyl (C=O) groups is 1. The molecule has 5 heteroatoms. The Balaban J connectivity index is 1.85. The van der Waals surface area contributed by atoms with Gasteiger partial charge in [0.1, 0.15) is 5.69 Å². The first-order valence-corrected chi connectivity index (χ1v) is 6.76. The molecule has 0 unspecified atom stereocenters. The SMILES string of the molecule is Cc1cnc(C(=O)N2CCC[C@@H]2c2ccccn2)cn1. The Labute approximate surface area is 117 Å². The fraction of sp³-hybridized carbons (Fsp3) is 0.333. The van der Waals surface area contributed by atoms with E-state index in [1.54, 1.807) is 18.6 Å². The molecule has 1 aliphatic rings. The molecule has 1 aliphatic heterocycles. The molecule has 1 atom stereocenters. The average Bonchev–Trinajstić information content (AvgIpc) is 2.97. The van der Waals surface area contributed by atoms with Crippen LogP contribution in [0.1, 0.15) is 40.8 Å². The lowest BCUT2D eigenvalue weighted by Crippen LogP contribution is -2.31. The maximum absolute atomic E-state index is 12.5. The normalized spacial score (nSPS) is 18.2. The topological polar surface area (TPSA) is 59.0 Å². The van der Waals surface area contributed by atoms with E-state index < -0.39 is 0 Å². The van der Waals surface area contributed by atoms with Gasteiger partial charge in [0, 0.05) is 18.9 Å². The molecule has 0 aromatic carbocycles. The van der Waals surface area contributed by atoms with Crippen LogP contribution in [0.25, 0.3) is 0 Å². The van der Waals surface area contributed by atoms with Crippen LogP contribution < -0.4 is 0 Å². The molecule has 0 saturated carbocycles. The number of nitrogens with zero attached hydrogens (tertiary/aromatic N) is 4. The Kier molecular flexibility index (Phi) is 3.41. The number of amides is 1. The van der Waals surface area contributed by atoms with Crippen molar-refractivity contribution >= 4 is 5.91 Å². The summed E-state index contributed by atoms with van der Waals surface area (Å²) in [4.78, 5) is 27.1. The maximum atomic E-state index is 12.5. The van der Waals surface area contributed by atoms with Crippen molar-refractivity contribution in [3.63, 3.8) is 0 Å². The second-order valence-electron chi connectivity index (χ2n) is 4.95. The zero-order chi connectivity index (χ0) is 13.9. The van der Waals surface area contributed by atoms with Gasteiger partial charge in [-0.2, -0.15) is 0 Å². The lowest BCUT2D eigenvalue weighted by molar-refractivity contribution is 0.0726. The van der Waals surface area contributed by atoms with Gasteiger partial charge in [-0.3, -0.25) is 14.8 Å². The van der Waals surface area contributed by atoms with Gasteiger partial charge in [0.15, 0.2) is 0 Å². The number of rotatable bonds is 2. The van der Waals surface area contributed by atoms with Gasteiger partial charge in [-0.05, 0) is 31.9 Å². The summed E-state index contributed by atoms with van der Waals surface area (Å²) in [5.41, 5.74) is 2.15. The quantitative estimate of drug-likeness (QED) is 0.837. The van der Waals surface area contributed by atoms with Gasteiger partial charge in [-0.15, -0.1) is 0 Å². The number of aromatic nitrogens is 3. The van der Waals surface area contributed by atoms with Crippen molar-refractivity contribution in [3.8, 4) is 0 Å². The first-order chi connectivity index (χ1) is 9.75. The van der Waals surface area contributed by atoms with Gasteiger partial charge in [0.05, 0.1) is 23.6 Å². The fourth-order valence-electron chi connectivity index (χ4n) is 2.54. The summed E-state index contributed by atoms with van der Waals surface area (Å²) < 4.78 is 0. The third-order valence-electron chi connectivity index (χ3n) is 3.54. The van der Waals surface area contributed by atoms with Crippen LogP contribution in [0.3, 0.4) is 0 Å². The summed E-state index contributed by atoms with van der Waals surface area (Å²) >= 11 is 0. The number of carbonyl (C=O) groups excluding carboxylic acids is 1. The molecule has 102 valence electrons. The molecule has 1 saturated heterocycles. The first-order valence-electron chi connectivity index (χ1n) is 6.76. The van der Waals surface area contributed by atoms with Crippen molar-refractivity contribution < 1.29 is 4.79 Å². The van der Waals surface area contributed by atoms with Crippen LogP contribution in [0.15, 0.2) is 36.8 Å². The summed E-state index contributed by atoms with van der Waals surface area (Å²) in [5, 5.41) is 0. The molecule has 1 fully saturated rings. The first kappa shape index (κ1) is 12.7. The van der Waals surface area contributed by atoms with E-state index in [1.807, 2.05) is 30.0 Å². The zero-order valence-electron chi connectivity index (χ0n) is 11.4. The number of pyridine rings is 1. The summed E-state index contributed by atoms with van der Waals surface area (Å²) in [6.45, 7) is 2.60. The van der Waals surface area contributed by atoms with Crippen LogP contribution in [0, 0.1) is 6.92 Å². The molecule has 0 radical (unpaired) electrons. The second-order valence-corrected chi connectivity index (χ2v) is 4.95. The van der Waals surface area contributed by atoms with Gasteiger partial charge in [0.2, 0.25) is 0 Å². The summed E-state index contributed by atoms with van der Waals surface area (Å²) in [5.74, 6) is -0.0642. The van der Waals surface area contributed by atoms with E-state index in [0.717, 1.165) is 30.8 Å². The largest absolute Gasteiger partial charge is 0.329 e. The zero-order valence-corrected chi connectivity index (χ0v) is 11.4. The highest BCUT2D eigenvalue weighted by molar-refractivity contribution is 5.92. The second kappa shape index (κ2) is 5.36. The van der Waals surface area contributed by atoms with Crippen molar-refractivity contribution in [2.45, 2.75) is 25.8 Å². The monoisotopic (exact) mass is 268 g/mol. The average molecular weight is 268 g/mol. The molecule has 20 heavy (non-hydrogen) atoms.